The van der Waals surface area contributed by atoms with Gasteiger partial charge in [0.15, 0.2) is 5.82 Å². The first kappa shape index (κ1) is 15.8. The van der Waals surface area contributed by atoms with Gasteiger partial charge in [-0.25, -0.2) is 4.68 Å². The fraction of sp³-hybridized carbons (Fsp3) is 0.467. The van der Waals surface area contributed by atoms with Crippen LogP contribution in [-0.4, -0.2) is 35.6 Å². The predicted octanol–water partition coefficient (Wildman–Crippen LogP) is 0.962. The van der Waals surface area contributed by atoms with Gasteiger partial charge >= 0.3 is 0 Å². The van der Waals surface area contributed by atoms with Gasteiger partial charge < -0.3 is 5.32 Å². The Bertz CT molecular complexity index is 699. The van der Waals surface area contributed by atoms with Crippen LogP contribution in [-0.2, 0) is 27.9 Å². The van der Waals surface area contributed by atoms with Gasteiger partial charge in [-0.1, -0.05) is 30.3 Å². The monoisotopic (exact) mass is 333 g/mol. The van der Waals surface area contributed by atoms with Gasteiger partial charge in [-0.2, -0.15) is 0 Å². The highest BCUT2D eigenvalue weighted by Crippen LogP contribution is 2.34. The highest BCUT2D eigenvalue weighted by molar-refractivity contribution is 7.85. The third-order valence-electron chi connectivity index (χ3n) is 3.80. The zero-order chi connectivity index (χ0) is 16.2. The second kappa shape index (κ2) is 6.99. The average Bonchev–Trinajstić information content (AvgIpc) is 3.32. The van der Waals surface area contributed by atoms with Crippen LogP contribution in [0.25, 0.3) is 0 Å². The summed E-state index contributed by atoms with van der Waals surface area (Å²) in [7, 11) is -1.36. The van der Waals surface area contributed by atoms with Crippen molar-refractivity contribution in [3.05, 3.63) is 41.7 Å². The van der Waals surface area contributed by atoms with Crippen molar-refractivity contribution >= 4 is 16.7 Å². The van der Waals surface area contributed by atoms with Crippen molar-refractivity contribution in [1.82, 2.24) is 25.5 Å². The van der Waals surface area contributed by atoms with Crippen LogP contribution in [0.1, 0.15) is 37.2 Å². The number of carbonyl (C=O) groups is 1. The number of hydrogen-bond acceptors (Lipinski definition) is 5. The molecule has 0 spiro atoms. The molecule has 23 heavy (non-hydrogen) atoms. The van der Waals surface area contributed by atoms with Gasteiger partial charge in [-0.15, -0.1) is 5.10 Å². The van der Waals surface area contributed by atoms with E-state index in [4.69, 9.17) is 0 Å². The molecule has 0 radical (unpaired) electrons. The Balaban J connectivity index is 1.54. The van der Waals surface area contributed by atoms with E-state index >= 15 is 0 Å². The molecule has 1 aromatic heterocycles. The molecule has 1 saturated carbocycles. The molecule has 1 heterocycles. The highest BCUT2D eigenvalue weighted by atomic mass is 32.2. The molecule has 122 valence electrons. The first-order chi connectivity index (χ1) is 11.1. The lowest BCUT2D eigenvalue weighted by Gasteiger charge is -2.12. The Morgan fingerprint density at radius 3 is 2.83 bits per heavy atom. The van der Waals surface area contributed by atoms with Crippen molar-refractivity contribution in [2.45, 2.75) is 43.4 Å². The summed E-state index contributed by atoms with van der Waals surface area (Å²) in [5.74, 6) is 0.565. The number of tetrazole rings is 1. The Morgan fingerprint density at radius 2 is 2.13 bits per heavy atom. The fourth-order valence-electron chi connectivity index (χ4n) is 2.21. The molecule has 1 aliphatic carbocycles. The molecular formula is C15H19N5O2S. The summed E-state index contributed by atoms with van der Waals surface area (Å²) in [6, 6.07) is 9.96. The second-order valence-electron chi connectivity index (χ2n) is 5.64. The molecule has 1 aromatic carbocycles. The van der Waals surface area contributed by atoms with Gasteiger partial charge in [0.25, 0.3) is 0 Å². The maximum Gasteiger partial charge on any atom is 0.235 e. The third-order valence-corrected chi connectivity index (χ3v) is 5.34. The van der Waals surface area contributed by atoms with Crippen molar-refractivity contribution in [1.29, 1.82) is 0 Å². The van der Waals surface area contributed by atoms with Crippen LogP contribution in [0.5, 0.6) is 0 Å². The summed E-state index contributed by atoms with van der Waals surface area (Å²) >= 11 is 0. The number of amides is 1. The van der Waals surface area contributed by atoms with Crippen LogP contribution < -0.4 is 5.32 Å². The summed E-state index contributed by atoms with van der Waals surface area (Å²) in [5.41, 5.74) is 1.01. The number of nitrogens with one attached hydrogen (secondary N) is 1. The third kappa shape index (κ3) is 4.01. The zero-order valence-electron chi connectivity index (χ0n) is 12.9. The van der Waals surface area contributed by atoms with E-state index < -0.39 is 16.0 Å². The topological polar surface area (TPSA) is 89.8 Å². The SMILES string of the molecule is C[C@H](C(=O)NCc1ccccc1)[S@@](=O)Cc1nnnn1C1CC1. The van der Waals surface area contributed by atoms with Crippen LogP contribution in [0.3, 0.4) is 0 Å². The lowest BCUT2D eigenvalue weighted by atomic mass is 10.2. The van der Waals surface area contributed by atoms with E-state index in [0.717, 1.165) is 18.4 Å². The van der Waals surface area contributed by atoms with Crippen molar-refractivity contribution in [2.24, 2.45) is 0 Å². The number of benzene rings is 1. The van der Waals surface area contributed by atoms with E-state index in [-0.39, 0.29) is 11.7 Å². The summed E-state index contributed by atoms with van der Waals surface area (Å²) in [4.78, 5) is 12.2. The van der Waals surface area contributed by atoms with Crippen molar-refractivity contribution in [2.75, 3.05) is 0 Å². The smallest absolute Gasteiger partial charge is 0.235 e. The number of aromatic nitrogens is 4. The molecular weight excluding hydrogens is 314 g/mol. The van der Waals surface area contributed by atoms with Gasteiger partial charge in [-0.05, 0) is 35.8 Å². The van der Waals surface area contributed by atoms with Crippen molar-refractivity contribution < 1.29 is 9.00 Å². The zero-order valence-corrected chi connectivity index (χ0v) is 13.7. The summed E-state index contributed by atoms with van der Waals surface area (Å²) in [6.45, 7) is 2.10. The maximum absolute atomic E-state index is 12.4. The van der Waals surface area contributed by atoms with Crippen LogP contribution in [0.15, 0.2) is 30.3 Å². The molecule has 8 heteroatoms. The molecule has 1 amide bonds. The van der Waals surface area contributed by atoms with Crippen LogP contribution in [0, 0.1) is 0 Å². The number of nitrogens with zero attached hydrogens (tertiary/aromatic N) is 4. The molecule has 2 aromatic rings. The quantitative estimate of drug-likeness (QED) is 0.815. The Labute approximate surface area is 136 Å². The average molecular weight is 333 g/mol. The molecule has 1 aliphatic rings. The molecule has 1 N–H and O–H groups in total. The van der Waals surface area contributed by atoms with E-state index in [1.54, 1.807) is 11.6 Å². The summed E-state index contributed by atoms with van der Waals surface area (Å²) in [5, 5.41) is 13.7. The van der Waals surface area contributed by atoms with E-state index in [0.29, 0.717) is 18.4 Å². The summed E-state index contributed by atoms with van der Waals surface area (Å²) in [6.07, 6.45) is 2.11. The minimum Gasteiger partial charge on any atom is -0.351 e. The lowest BCUT2D eigenvalue weighted by Crippen LogP contribution is -2.35. The van der Waals surface area contributed by atoms with E-state index in [1.807, 2.05) is 30.3 Å². The van der Waals surface area contributed by atoms with E-state index in [2.05, 4.69) is 20.8 Å². The molecule has 2 atom stereocenters. The molecule has 0 saturated heterocycles. The number of rotatable bonds is 7. The Hall–Kier alpha value is -2.09. The minimum absolute atomic E-state index is 0.198. The van der Waals surface area contributed by atoms with Crippen LogP contribution >= 0.6 is 0 Å². The molecule has 1 fully saturated rings. The molecule has 0 aliphatic heterocycles. The minimum atomic E-state index is -1.36. The van der Waals surface area contributed by atoms with Crippen LogP contribution in [0.2, 0.25) is 0 Å². The first-order valence-corrected chi connectivity index (χ1v) is 8.99. The van der Waals surface area contributed by atoms with Gasteiger partial charge in [0.05, 0.1) is 11.8 Å². The van der Waals surface area contributed by atoms with Gasteiger partial charge in [-0.3, -0.25) is 9.00 Å². The Kier molecular flexibility index (Phi) is 4.80. The molecule has 7 nitrogen and oxygen atoms in total. The molecule has 0 bridgehead atoms. The second-order valence-corrected chi connectivity index (χ2v) is 7.40. The molecule has 3 rings (SSSR count). The van der Waals surface area contributed by atoms with E-state index in [1.165, 1.54) is 0 Å². The van der Waals surface area contributed by atoms with Crippen LogP contribution in [0.4, 0.5) is 0 Å². The maximum atomic E-state index is 12.4. The lowest BCUT2D eigenvalue weighted by molar-refractivity contribution is -0.120. The van der Waals surface area contributed by atoms with Crippen molar-refractivity contribution in [3.8, 4) is 0 Å². The fourth-order valence-corrected chi connectivity index (χ4v) is 3.23. The van der Waals surface area contributed by atoms with E-state index in [9.17, 15) is 9.00 Å². The standard InChI is InChI=1S/C15H19N5O2S/c1-11(15(21)16-9-12-5-3-2-4-6-12)23(22)10-14-17-18-19-20(14)13-7-8-13/h2-6,11,13H,7-10H2,1H3,(H,16,21)/t11-,23+/m1/s1. The number of carbonyl (C=O) groups excluding carboxylic acids is 1. The molecule has 0 unspecified atom stereocenters. The Morgan fingerprint density at radius 1 is 1.39 bits per heavy atom. The number of hydrogen-bond donors (Lipinski definition) is 1. The summed E-state index contributed by atoms with van der Waals surface area (Å²) < 4.78 is 14.1. The van der Waals surface area contributed by atoms with Gasteiger partial charge in [0.1, 0.15) is 5.25 Å². The highest BCUT2D eigenvalue weighted by Gasteiger charge is 2.29. The first-order valence-electron chi connectivity index (χ1n) is 7.60. The van der Waals surface area contributed by atoms with Gasteiger partial charge in [0, 0.05) is 17.3 Å². The normalized spacial score (nSPS) is 16.7. The van der Waals surface area contributed by atoms with Crippen molar-refractivity contribution in [3.63, 3.8) is 0 Å². The largest absolute Gasteiger partial charge is 0.351 e. The van der Waals surface area contributed by atoms with Gasteiger partial charge in [0.2, 0.25) is 5.91 Å². The predicted molar refractivity (Wildman–Crippen MR) is 85.7 cm³/mol.